The molecule has 112 valence electrons. The summed E-state index contributed by atoms with van der Waals surface area (Å²) in [6.07, 6.45) is 18.0. The van der Waals surface area contributed by atoms with Gasteiger partial charge in [-0.3, -0.25) is 10.6 Å². The minimum Gasteiger partial charge on any atom is -0.299 e. The third kappa shape index (κ3) is 13.6. The van der Waals surface area contributed by atoms with Crippen molar-refractivity contribution in [3.63, 3.8) is 0 Å². The largest absolute Gasteiger partial charge is 0.299 e. The van der Waals surface area contributed by atoms with Crippen LogP contribution in [0.15, 0.2) is 24.3 Å². The molecule has 0 aliphatic carbocycles. The number of hydrogen-bond donors (Lipinski definition) is 2. The third-order valence-corrected chi connectivity index (χ3v) is 3.15. The van der Waals surface area contributed by atoms with E-state index in [0.29, 0.717) is 6.17 Å². The van der Waals surface area contributed by atoms with Gasteiger partial charge in [0.15, 0.2) is 0 Å². The molecule has 0 saturated carbocycles. The molecule has 0 saturated heterocycles. The van der Waals surface area contributed by atoms with Gasteiger partial charge in [0, 0.05) is 0 Å². The van der Waals surface area contributed by atoms with E-state index in [0.717, 1.165) is 13.1 Å². The Morgan fingerprint density at radius 3 is 2.05 bits per heavy atom. The van der Waals surface area contributed by atoms with Gasteiger partial charge in [-0.1, -0.05) is 70.3 Å². The summed E-state index contributed by atoms with van der Waals surface area (Å²) in [7, 11) is 0. The highest BCUT2D eigenvalue weighted by Crippen LogP contribution is 2.01. The third-order valence-electron chi connectivity index (χ3n) is 3.15. The molecular formula is C17H34N2. The second-order valence-electron chi connectivity index (χ2n) is 5.06. The van der Waals surface area contributed by atoms with Crippen molar-refractivity contribution in [2.24, 2.45) is 0 Å². The molecule has 0 amide bonds. The first-order valence-electron chi connectivity index (χ1n) is 8.11. The minimum atomic E-state index is 0.314. The van der Waals surface area contributed by atoms with Gasteiger partial charge in [0.25, 0.3) is 0 Å². The summed E-state index contributed by atoms with van der Waals surface area (Å²) in [4.78, 5) is 0. The Hall–Kier alpha value is -0.600. The highest BCUT2D eigenvalue weighted by Gasteiger charge is 2.01. The van der Waals surface area contributed by atoms with Crippen molar-refractivity contribution in [1.82, 2.24) is 10.6 Å². The maximum atomic E-state index is 3.58. The van der Waals surface area contributed by atoms with Crippen LogP contribution in [0.5, 0.6) is 0 Å². The van der Waals surface area contributed by atoms with Gasteiger partial charge in [0.2, 0.25) is 0 Å². The van der Waals surface area contributed by atoms with Crippen LogP contribution in [0.2, 0.25) is 0 Å². The summed E-state index contributed by atoms with van der Waals surface area (Å²) in [5.74, 6) is 0. The molecule has 0 spiro atoms. The average molecular weight is 266 g/mol. The molecule has 0 radical (unpaired) electrons. The van der Waals surface area contributed by atoms with E-state index >= 15 is 0 Å². The molecule has 0 heterocycles. The van der Waals surface area contributed by atoms with E-state index in [2.05, 4.69) is 48.8 Å². The summed E-state index contributed by atoms with van der Waals surface area (Å²) in [6.45, 7) is 8.73. The minimum absolute atomic E-state index is 0.314. The number of rotatable bonds is 13. The summed E-state index contributed by atoms with van der Waals surface area (Å²) in [5, 5.41) is 7.13. The summed E-state index contributed by atoms with van der Waals surface area (Å²) in [6, 6.07) is 0. The molecule has 2 N–H and O–H groups in total. The van der Waals surface area contributed by atoms with Crippen molar-refractivity contribution < 1.29 is 0 Å². The molecule has 0 rings (SSSR count). The SMILES string of the molecule is CC=CC=CC(NCCCC)NCCCCCCC. The van der Waals surface area contributed by atoms with Crippen molar-refractivity contribution in [1.29, 1.82) is 0 Å². The van der Waals surface area contributed by atoms with E-state index in [1.165, 1.54) is 44.9 Å². The number of nitrogens with one attached hydrogen (secondary N) is 2. The Morgan fingerprint density at radius 1 is 0.789 bits per heavy atom. The first kappa shape index (κ1) is 18.4. The highest BCUT2D eigenvalue weighted by atomic mass is 15.1. The monoisotopic (exact) mass is 266 g/mol. The predicted octanol–water partition coefficient (Wildman–Crippen LogP) is 4.39. The zero-order valence-electron chi connectivity index (χ0n) is 13.3. The lowest BCUT2D eigenvalue weighted by Crippen LogP contribution is -2.41. The van der Waals surface area contributed by atoms with Gasteiger partial charge in [0.1, 0.15) is 0 Å². The van der Waals surface area contributed by atoms with Gasteiger partial charge in [-0.15, -0.1) is 0 Å². The molecule has 2 heteroatoms. The molecule has 0 aliphatic heterocycles. The normalized spacial score (nSPS) is 13.6. The lowest BCUT2D eigenvalue weighted by molar-refractivity contribution is 0.470. The topological polar surface area (TPSA) is 24.1 Å². The van der Waals surface area contributed by atoms with Crippen molar-refractivity contribution in [2.75, 3.05) is 13.1 Å². The molecule has 1 atom stereocenters. The Kier molecular flexibility index (Phi) is 15.0. The molecular weight excluding hydrogens is 232 g/mol. The zero-order chi connectivity index (χ0) is 14.2. The second kappa shape index (κ2) is 15.5. The van der Waals surface area contributed by atoms with Crippen LogP contribution in [0.25, 0.3) is 0 Å². The molecule has 0 bridgehead atoms. The lowest BCUT2D eigenvalue weighted by atomic mass is 10.1. The van der Waals surface area contributed by atoms with Crippen LogP contribution >= 0.6 is 0 Å². The molecule has 19 heavy (non-hydrogen) atoms. The Balaban J connectivity index is 3.77. The summed E-state index contributed by atoms with van der Waals surface area (Å²) < 4.78 is 0. The average Bonchev–Trinajstić information content (AvgIpc) is 2.42. The van der Waals surface area contributed by atoms with Crippen molar-refractivity contribution in [3.05, 3.63) is 24.3 Å². The van der Waals surface area contributed by atoms with Gasteiger partial charge in [0.05, 0.1) is 6.17 Å². The second-order valence-corrected chi connectivity index (χ2v) is 5.06. The molecule has 0 fully saturated rings. The van der Waals surface area contributed by atoms with Gasteiger partial charge < -0.3 is 0 Å². The molecule has 2 nitrogen and oxygen atoms in total. The van der Waals surface area contributed by atoms with Gasteiger partial charge in [-0.05, 0) is 32.9 Å². The predicted molar refractivity (Wildman–Crippen MR) is 87.4 cm³/mol. The van der Waals surface area contributed by atoms with Gasteiger partial charge in [-0.2, -0.15) is 0 Å². The van der Waals surface area contributed by atoms with E-state index in [1.54, 1.807) is 0 Å². The van der Waals surface area contributed by atoms with Crippen LogP contribution in [0.1, 0.15) is 65.7 Å². The quantitative estimate of drug-likeness (QED) is 0.293. The molecule has 0 aromatic rings. The Bertz CT molecular complexity index is 221. The van der Waals surface area contributed by atoms with E-state index in [4.69, 9.17) is 0 Å². The maximum absolute atomic E-state index is 3.58. The van der Waals surface area contributed by atoms with Crippen LogP contribution < -0.4 is 10.6 Å². The number of allylic oxidation sites excluding steroid dienone is 3. The van der Waals surface area contributed by atoms with Crippen LogP contribution in [-0.2, 0) is 0 Å². The first-order chi connectivity index (χ1) is 9.35. The van der Waals surface area contributed by atoms with E-state index in [9.17, 15) is 0 Å². The van der Waals surface area contributed by atoms with Crippen molar-refractivity contribution in [3.8, 4) is 0 Å². The smallest absolute Gasteiger partial charge is 0.0767 e. The Labute approximate surface area is 120 Å². The van der Waals surface area contributed by atoms with E-state index in [-0.39, 0.29) is 0 Å². The fourth-order valence-corrected chi connectivity index (χ4v) is 1.92. The maximum Gasteiger partial charge on any atom is 0.0767 e. The zero-order valence-corrected chi connectivity index (χ0v) is 13.3. The van der Waals surface area contributed by atoms with Crippen LogP contribution in [0.4, 0.5) is 0 Å². The number of unbranched alkanes of at least 4 members (excludes halogenated alkanes) is 5. The molecule has 0 aromatic carbocycles. The van der Waals surface area contributed by atoms with Crippen LogP contribution in [0.3, 0.4) is 0 Å². The lowest BCUT2D eigenvalue weighted by Gasteiger charge is -2.16. The van der Waals surface area contributed by atoms with E-state index < -0.39 is 0 Å². The van der Waals surface area contributed by atoms with Crippen molar-refractivity contribution >= 4 is 0 Å². The fraction of sp³-hybridized carbons (Fsp3) is 0.765. The first-order valence-corrected chi connectivity index (χ1v) is 8.11. The fourth-order valence-electron chi connectivity index (χ4n) is 1.92. The Morgan fingerprint density at radius 2 is 1.42 bits per heavy atom. The van der Waals surface area contributed by atoms with E-state index in [1.807, 2.05) is 6.92 Å². The summed E-state index contributed by atoms with van der Waals surface area (Å²) in [5.41, 5.74) is 0. The standard InChI is InChI=1S/C17H34N2/c1-4-7-10-11-13-16-19-17(14-12-8-5-2)18-15-9-6-3/h5,8,12,14,17-19H,4,6-7,9-11,13,15-16H2,1-3H3. The molecule has 0 aliphatic rings. The highest BCUT2D eigenvalue weighted by molar-refractivity contribution is 5.04. The summed E-state index contributed by atoms with van der Waals surface area (Å²) >= 11 is 0. The number of hydrogen-bond acceptors (Lipinski definition) is 2. The van der Waals surface area contributed by atoms with Crippen LogP contribution in [-0.4, -0.2) is 19.3 Å². The molecule has 1 unspecified atom stereocenters. The molecule has 0 aromatic heterocycles. The van der Waals surface area contributed by atoms with Gasteiger partial charge in [-0.25, -0.2) is 0 Å². The van der Waals surface area contributed by atoms with Crippen LogP contribution in [0, 0.1) is 0 Å². The van der Waals surface area contributed by atoms with Gasteiger partial charge >= 0.3 is 0 Å². The van der Waals surface area contributed by atoms with Crippen molar-refractivity contribution in [2.45, 2.75) is 71.9 Å².